The lowest BCUT2D eigenvalue weighted by atomic mass is 10.2. The zero-order chi connectivity index (χ0) is 15.5. The molecular weight excluding hydrogens is 317 g/mol. The summed E-state index contributed by atoms with van der Waals surface area (Å²) in [6.45, 7) is 0.312. The highest BCUT2D eigenvalue weighted by molar-refractivity contribution is 7.99. The normalized spacial score (nSPS) is 20.3. The van der Waals surface area contributed by atoms with Crippen molar-refractivity contribution in [2.75, 3.05) is 18.1 Å². The molecule has 1 aromatic rings. The monoisotopic (exact) mass is 333 g/mol. The van der Waals surface area contributed by atoms with Crippen LogP contribution in [-0.2, 0) is 20.6 Å². The van der Waals surface area contributed by atoms with Crippen molar-refractivity contribution >= 4 is 27.8 Å². The maximum Gasteiger partial charge on any atom is 0.305 e. The first kappa shape index (κ1) is 16.3. The Balaban J connectivity index is 2.15. The average molecular weight is 333 g/mol. The molecule has 1 unspecified atom stereocenters. The van der Waals surface area contributed by atoms with Crippen molar-refractivity contribution in [3.05, 3.63) is 35.6 Å². The molecule has 1 aromatic carbocycles. The molecule has 0 aliphatic carbocycles. The van der Waals surface area contributed by atoms with E-state index in [1.807, 2.05) is 0 Å². The zero-order valence-electron chi connectivity index (χ0n) is 11.2. The molecule has 116 valence electrons. The number of aliphatic carboxylic acids is 1. The Morgan fingerprint density at radius 3 is 2.67 bits per heavy atom. The molecule has 2 rings (SSSR count). The van der Waals surface area contributed by atoms with Crippen LogP contribution in [0.5, 0.6) is 0 Å². The van der Waals surface area contributed by atoms with E-state index in [0.717, 1.165) is 0 Å². The summed E-state index contributed by atoms with van der Waals surface area (Å²) in [7, 11) is -3.61. The summed E-state index contributed by atoms with van der Waals surface area (Å²) < 4.78 is 39.1. The lowest BCUT2D eigenvalue weighted by molar-refractivity contribution is -0.137. The number of carbonyl (C=O) groups is 1. The third kappa shape index (κ3) is 4.42. The molecule has 1 N–H and O–H groups in total. The van der Waals surface area contributed by atoms with Crippen molar-refractivity contribution in [3.8, 4) is 0 Å². The van der Waals surface area contributed by atoms with Crippen molar-refractivity contribution < 1.29 is 22.7 Å². The van der Waals surface area contributed by atoms with Crippen LogP contribution in [0.15, 0.2) is 24.3 Å². The Bertz CT molecular complexity index is 603. The first-order valence-electron chi connectivity index (χ1n) is 6.42. The van der Waals surface area contributed by atoms with Gasteiger partial charge in [0.25, 0.3) is 0 Å². The summed E-state index contributed by atoms with van der Waals surface area (Å²) in [4.78, 5) is 10.9. The van der Waals surface area contributed by atoms with Gasteiger partial charge in [0.2, 0.25) is 10.0 Å². The van der Waals surface area contributed by atoms with Crippen molar-refractivity contribution in [1.29, 1.82) is 0 Å². The molecule has 1 aliphatic heterocycles. The molecule has 1 heterocycles. The van der Waals surface area contributed by atoms with E-state index in [0.29, 0.717) is 23.6 Å². The minimum absolute atomic E-state index is 0.199. The van der Waals surface area contributed by atoms with Gasteiger partial charge in [-0.15, -0.1) is 0 Å². The standard InChI is InChI=1S/C13H16FNO4S2/c14-11-3-1-10(2-4-11)9-21(18,19)15-5-6-20-8-12(15)7-13(16)17/h1-4,12H,5-9H2,(H,16,17). The van der Waals surface area contributed by atoms with Gasteiger partial charge in [0.05, 0.1) is 12.2 Å². The van der Waals surface area contributed by atoms with Crippen LogP contribution in [0.4, 0.5) is 4.39 Å². The summed E-state index contributed by atoms with van der Waals surface area (Å²) in [6, 6.07) is 4.76. The van der Waals surface area contributed by atoms with Crippen LogP contribution in [0.25, 0.3) is 0 Å². The number of benzene rings is 1. The van der Waals surface area contributed by atoms with Gasteiger partial charge in [0.15, 0.2) is 0 Å². The van der Waals surface area contributed by atoms with Gasteiger partial charge >= 0.3 is 5.97 Å². The van der Waals surface area contributed by atoms with Gasteiger partial charge in [-0.05, 0) is 17.7 Å². The molecule has 1 fully saturated rings. The molecule has 0 bridgehead atoms. The molecule has 0 aromatic heterocycles. The number of nitrogens with zero attached hydrogens (tertiary/aromatic N) is 1. The molecular formula is C13H16FNO4S2. The van der Waals surface area contributed by atoms with Gasteiger partial charge < -0.3 is 5.11 Å². The molecule has 1 saturated heterocycles. The van der Waals surface area contributed by atoms with Gasteiger partial charge in [-0.25, -0.2) is 12.8 Å². The molecule has 0 spiro atoms. The number of rotatable bonds is 5. The van der Waals surface area contributed by atoms with Crippen molar-refractivity contribution in [1.82, 2.24) is 4.31 Å². The van der Waals surface area contributed by atoms with E-state index >= 15 is 0 Å². The summed E-state index contributed by atoms with van der Waals surface area (Å²) >= 11 is 1.55. The fraction of sp³-hybridized carbons (Fsp3) is 0.462. The highest BCUT2D eigenvalue weighted by Crippen LogP contribution is 2.24. The Morgan fingerprint density at radius 1 is 1.38 bits per heavy atom. The van der Waals surface area contributed by atoms with Crippen LogP contribution >= 0.6 is 11.8 Å². The molecule has 21 heavy (non-hydrogen) atoms. The van der Waals surface area contributed by atoms with Crippen LogP contribution in [0.1, 0.15) is 12.0 Å². The summed E-state index contributed by atoms with van der Waals surface area (Å²) in [5.41, 5.74) is 0.490. The number of thioether (sulfide) groups is 1. The topological polar surface area (TPSA) is 74.7 Å². The minimum Gasteiger partial charge on any atom is -0.481 e. The zero-order valence-corrected chi connectivity index (χ0v) is 12.9. The highest BCUT2D eigenvalue weighted by Gasteiger charge is 2.33. The van der Waals surface area contributed by atoms with Crippen LogP contribution < -0.4 is 0 Å². The number of hydrogen-bond donors (Lipinski definition) is 1. The second-order valence-electron chi connectivity index (χ2n) is 4.82. The van der Waals surface area contributed by atoms with Crippen LogP contribution in [0, 0.1) is 5.82 Å². The first-order valence-corrected chi connectivity index (χ1v) is 9.18. The van der Waals surface area contributed by atoms with Gasteiger partial charge in [-0.3, -0.25) is 4.79 Å². The fourth-order valence-electron chi connectivity index (χ4n) is 2.24. The number of sulfonamides is 1. The summed E-state index contributed by atoms with van der Waals surface area (Å²) in [6.07, 6.45) is -0.199. The van der Waals surface area contributed by atoms with Crippen molar-refractivity contribution in [2.45, 2.75) is 18.2 Å². The number of hydrogen-bond acceptors (Lipinski definition) is 4. The van der Waals surface area contributed by atoms with E-state index in [1.54, 1.807) is 11.8 Å². The van der Waals surface area contributed by atoms with Crippen molar-refractivity contribution in [2.24, 2.45) is 0 Å². The van der Waals surface area contributed by atoms with Gasteiger partial charge in [-0.2, -0.15) is 16.1 Å². The van der Waals surface area contributed by atoms with Crippen LogP contribution in [-0.4, -0.2) is 47.9 Å². The molecule has 8 heteroatoms. The first-order chi connectivity index (χ1) is 9.88. The number of carboxylic acid groups (broad SMARTS) is 1. The van der Waals surface area contributed by atoms with E-state index in [-0.39, 0.29) is 12.2 Å². The average Bonchev–Trinajstić information content (AvgIpc) is 2.41. The largest absolute Gasteiger partial charge is 0.481 e. The van der Waals surface area contributed by atoms with Crippen molar-refractivity contribution in [3.63, 3.8) is 0 Å². The maximum atomic E-state index is 12.9. The SMILES string of the molecule is O=C(O)CC1CSCCN1S(=O)(=O)Cc1ccc(F)cc1. The van der Waals surface area contributed by atoms with E-state index < -0.39 is 27.9 Å². The van der Waals surface area contributed by atoms with E-state index in [1.165, 1.54) is 28.6 Å². The number of halogens is 1. The predicted molar refractivity (Wildman–Crippen MR) is 79.1 cm³/mol. The Morgan fingerprint density at radius 2 is 2.05 bits per heavy atom. The summed E-state index contributed by atoms with van der Waals surface area (Å²) in [5.74, 6) is -0.541. The highest BCUT2D eigenvalue weighted by atomic mass is 32.2. The predicted octanol–water partition coefficient (Wildman–Crippen LogP) is 1.55. The van der Waals surface area contributed by atoms with Gasteiger partial charge in [-0.1, -0.05) is 12.1 Å². The van der Waals surface area contributed by atoms with E-state index in [4.69, 9.17) is 5.11 Å². The minimum atomic E-state index is -3.61. The molecule has 0 saturated carbocycles. The Kier molecular flexibility index (Phi) is 5.23. The second-order valence-corrected chi connectivity index (χ2v) is 7.89. The lowest BCUT2D eigenvalue weighted by Crippen LogP contribution is -2.47. The second kappa shape index (κ2) is 6.76. The summed E-state index contributed by atoms with van der Waals surface area (Å²) in [5, 5.41) is 8.90. The van der Waals surface area contributed by atoms with E-state index in [9.17, 15) is 17.6 Å². The fourth-order valence-corrected chi connectivity index (χ4v) is 5.27. The number of carboxylic acids is 1. The van der Waals surface area contributed by atoms with Gasteiger partial charge in [0, 0.05) is 24.1 Å². The molecule has 1 atom stereocenters. The Hall–Kier alpha value is -1.12. The lowest BCUT2D eigenvalue weighted by Gasteiger charge is -2.33. The molecule has 0 amide bonds. The third-order valence-electron chi connectivity index (χ3n) is 3.20. The van der Waals surface area contributed by atoms with Crippen LogP contribution in [0.2, 0.25) is 0 Å². The molecule has 5 nitrogen and oxygen atoms in total. The molecule has 1 aliphatic rings. The quantitative estimate of drug-likeness (QED) is 0.885. The Labute approximate surface area is 127 Å². The smallest absolute Gasteiger partial charge is 0.305 e. The van der Waals surface area contributed by atoms with E-state index in [2.05, 4.69) is 0 Å². The van der Waals surface area contributed by atoms with Gasteiger partial charge in [0.1, 0.15) is 5.82 Å². The maximum absolute atomic E-state index is 12.9. The molecule has 0 radical (unpaired) electrons. The third-order valence-corrected chi connectivity index (χ3v) is 6.19. The van der Waals surface area contributed by atoms with Crippen LogP contribution in [0.3, 0.4) is 0 Å².